The molecule has 1 aliphatic heterocycles. The second-order valence-electron chi connectivity index (χ2n) is 4.16. The first-order valence-corrected chi connectivity index (χ1v) is 5.16. The number of β-amino-alcohol motifs (C(OH)–C–C–N with tert-alkyl or cyclic N) is 1. The van der Waals surface area contributed by atoms with Crippen molar-refractivity contribution in [2.45, 2.75) is 31.4 Å². The van der Waals surface area contributed by atoms with Gasteiger partial charge in [0.25, 0.3) is 0 Å². The van der Waals surface area contributed by atoms with E-state index in [0.717, 1.165) is 26.1 Å². The van der Waals surface area contributed by atoms with Gasteiger partial charge in [0.05, 0.1) is 12.7 Å². The van der Waals surface area contributed by atoms with Crippen molar-refractivity contribution < 1.29 is 14.6 Å². The monoisotopic (exact) mass is 203 g/mol. The van der Waals surface area contributed by atoms with Crippen LogP contribution in [0.2, 0.25) is 0 Å². The average Bonchev–Trinajstić information content (AvgIpc) is 2.17. The number of aliphatic hydroxyl groups is 1. The molecule has 0 aromatic rings. The van der Waals surface area contributed by atoms with Crippen molar-refractivity contribution in [3.05, 3.63) is 0 Å². The lowest BCUT2D eigenvalue weighted by molar-refractivity contribution is 0.0267. The van der Waals surface area contributed by atoms with E-state index in [0.29, 0.717) is 13.2 Å². The Morgan fingerprint density at radius 3 is 2.71 bits per heavy atom. The molecule has 0 aliphatic carbocycles. The summed E-state index contributed by atoms with van der Waals surface area (Å²) < 4.78 is 10.2. The molecule has 0 amide bonds. The number of ether oxygens (including phenoxy) is 2. The molecule has 4 heteroatoms. The number of hydrogen-bond donors (Lipinski definition) is 2. The zero-order valence-corrected chi connectivity index (χ0v) is 9.08. The molecule has 1 saturated heterocycles. The van der Waals surface area contributed by atoms with Crippen LogP contribution in [-0.4, -0.2) is 50.2 Å². The smallest absolute Gasteiger partial charge is 0.0897 e. The predicted octanol–water partition coefficient (Wildman–Crippen LogP) is 0.152. The predicted molar refractivity (Wildman–Crippen MR) is 54.3 cm³/mol. The lowest BCUT2D eigenvalue weighted by atomic mass is 9.92. The van der Waals surface area contributed by atoms with E-state index in [4.69, 9.17) is 9.47 Å². The first kappa shape index (κ1) is 11.9. The van der Waals surface area contributed by atoms with Gasteiger partial charge in [0.1, 0.15) is 0 Å². The number of methoxy groups -OCH3 is 1. The van der Waals surface area contributed by atoms with E-state index in [-0.39, 0.29) is 5.54 Å². The third-order valence-corrected chi connectivity index (χ3v) is 2.72. The lowest BCUT2D eigenvalue weighted by Crippen LogP contribution is -2.49. The third kappa shape index (κ3) is 3.92. The highest BCUT2D eigenvalue weighted by atomic mass is 16.5. The molecule has 0 aromatic heterocycles. The zero-order chi connectivity index (χ0) is 10.4. The van der Waals surface area contributed by atoms with Crippen molar-refractivity contribution in [2.75, 3.05) is 33.5 Å². The maximum atomic E-state index is 9.48. The van der Waals surface area contributed by atoms with Crippen LogP contribution < -0.4 is 5.32 Å². The van der Waals surface area contributed by atoms with Gasteiger partial charge in [-0.3, -0.25) is 0 Å². The molecule has 0 spiro atoms. The van der Waals surface area contributed by atoms with Gasteiger partial charge in [0.15, 0.2) is 0 Å². The van der Waals surface area contributed by atoms with Gasteiger partial charge in [-0.15, -0.1) is 0 Å². The van der Waals surface area contributed by atoms with Crippen LogP contribution in [0.3, 0.4) is 0 Å². The molecule has 1 unspecified atom stereocenters. The summed E-state index contributed by atoms with van der Waals surface area (Å²) in [5.74, 6) is 0. The second kappa shape index (κ2) is 5.66. The standard InChI is InChI=1S/C10H21NO3/c1-10(3-5-14-6-4-10)11-7-9(12)8-13-2/h9,11-12H,3-8H2,1-2H3. The molecule has 1 heterocycles. The number of nitrogens with one attached hydrogen (secondary N) is 1. The fraction of sp³-hybridized carbons (Fsp3) is 1.00. The van der Waals surface area contributed by atoms with Gasteiger partial charge in [-0.2, -0.15) is 0 Å². The van der Waals surface area contributed by atoms with Crippen LogP contribution in [0.5, 0.6) is 0 Å². The molecule has 0 bridgehead atoms. The van der Waals surface area contributed by atoms with Crippen LogP contribution in [0.1, 0.15) is 19.8 Å². The van der Waals surface area contributed by atoms with Gasteiger partial charge < -0.3 is 19.9 Å². The summed E-state index contributed by atoms with van der Waals surface area (Å²) in [5, 5.41) is 12.8. The normalized spacial score (nSPS) is 23.4. The molecule has 1 aliphatic rings. The first-order chi connectivity index (χ1) is 6.66. The van der Waals surface area contributed by atoms with Crippen molar-refractivity contribution in [3.63, 3.8) is 0 Å². The van der Waals surface area contributed by atoms with Crippen LogP contribution >= 0.6 is 0 Å². The van der Waals surface area contributed by atoms with Gasteiger partial charge in [0.2, 0.25) is 0 Å². The van der Waals surface area contributed by atoms with Gasteiger partial charge >= 0.3 is 0 Å². The topological polar surface area (TPSA) is 50.7 Å². The minimum atomic E-state index is -0.417. The van der Waals surface area contributed by atoms with E-state index < -0.39 is 6.10 Å². The van der Waals surface area contributed by atoms with Crippen molar-refractivity contribution >= 4 is 0 Å². The minimum absolute atomic E-state index is 0.118. The maximum absolute atomic E-state index is 9.48. The molecule has 0 saturated carbocycles. The SMILES string of the molecule is COCC(O)CNC1(C)CCOCC1. The fourth-order valence-electron chi connectivity index (χ4n) is 1.61. The number of hydrogen-bond acceptors (Lipinski definition) is 4. The van der Waals surface area contributed by atoms with Crippen LogP contribution in [0.15, 0.2) is 0 Å². The lowest BCUT2D eigenvalue weighted by Gasteiger charge is -2.35. The zero-order valence-electron chi connectivity index (χ0n) is 9.08. The minimum Gasteiger partial charge on any atom is -0.389 e. The molecule has 1 fully saturated rings. The quantitative estimate of drug-likeness (QED) is 0.668. The highest BCUT2D eigenvalue weighted by molar-refractivity contribution is 4.85. The molecule has 14 heavy (non-hydrogen) atoms. The summed E-state index contributed by atoms with van der Waals surface area (Å²) >= 11 is 0. The van der Waals surface area contributed by atoms with Crippen LogP contribution in [-0.2, 0) is 9.47 Å². The Bertz CT molecular complexity index is 157. The fourth-order valence-corrected chi connectivity index (χ4v) is 1.61. The summed E-state index contributed by atoms with van der Waals surface area (Å²) in [5.41, 5.74) is 0.118. The van der Waals surface area contributed by atoms with Gasteiger partial charge in [-0.25, -0.2) is 0 Å². The Kier molecular flexibility index (Phi) is 4.81. The molecular weight excluding hydrogens is 182 g/mol. The number of aliphatic hydroxyl groups excluding tert-OH is 1. The van der Waals surface area contributed by atoms with E-state index in [9.17, 15) is 5.11 Å². The molecule has 0 radical (unpaired) electrons. The average molecular weight is 203 g/mol. The van der Waals surface area contributed by atoms with Crippen LogP contribution in [0, 0.1) is 0 Å². The first-order valence-electron chi connectivity index (χ1n) is 5.16. The largest absolute Gasteiger partial charge is 0.389 e. The van der Waals surface area contributed by atoms with Crippen molar-refractivity contribution in [1.29, 1.82) is 0 Å². The molecule has 84 valence electrons. The summed E-state index contributed by atoms with van der Waals surface area (Å²) in [6.07, 6.45) is 1.60. The van der Waals surface area contributed by atoms with Gasteiger partial charge in [0, 0.05) is 32.4 Å². The van der Waals surface area contributed by atoms with E-state index >= 15 is 0 Å². The highest BCUT2D eigenvalue weighted by Crippen LogP contribution is 2.19. The van der Waals surface area contributed by atoms with Crippen LogP contribution in [0.4, 0.5) is 0 Å². The maximum Gasteiger partial charge on any atom is 0.0897 e. The van der Waals surface area contributed by atoms with Crippen LogP contribution in [0.25, 0.3) is 0 Å². The van der Waals surface area contributed by atoms with Crippen molar-refractivity contribution in [2.24, 2.45) is 0 Å². The van der Waals surface area contributed by atoms with Crippen molar-refractivity contribution in [1.82, 2.24) is 5.32 Å². The van der Waals surface area contributed by atoms with E-state index in [1.54, 1.807) is 7.11 Å². The van der Waals surface area contributed by atoms with Crippen molar-refractivity contribution in [3.8, 4) is 0 Å². The Hall–Kier alpha value is -0.160. The summed E-state index contributed by atoms with van der Waals surface area (Å²) in [6, 6.07) is 0. The molecule has 1 rings (SSSR count). The summed E-state index contributed by atoms with van der Waals surface area (Å²) in [4.78, 5) is 0. The highest BCUT2D eigenvalue weighted by Gasteiger charge is 2.26. The Morgan fingerprint density at radius 1 is 1.50 bits per heavy atom. The summed E-state index contributed by atoms with van der Waals surface area (Å²) in [6.45, 7) is 4.77. The van der Waals surface area contributed by atoms with E-state index in [2.05, 4.69) is 12.2 Å². The number of rotatable bonds is 5. The Labute approximate surface area is 85.6 Å². The van der Waals surface area contributed by atoms with E-state index in [1.807, 2.05) is 0 Å². The summed E-state index contributed by atoms with van der Waals surface area (Å²) in [7, 11) is 1.60. The molecule has 0 aromatic carbocycles. The Balaban J connectivity index is 2.21. The third-order valence-electron chi connectivity index (χ3n) is 2.72. The molecular formula is C10H21NO3. The Morgan fingerprint density at radius 2 is 2.14 bits per heavy atom. The second-order valence-corrected chi connectivity index (χ2v) is 4.16. The van der Waals surface area contributed by atoms with Gasteiger partial charge in [-0.05, 0) is 19.8 Å². The molecule has 4 nitrogen and oxygen atoms in total. The molecule has 1 atom stereocenters. The van der Waals surface area contributed by atoms with E-state index in [1.165, 1.54) is 0 Å². The molecule has 2 N–H and O–H groups in total. The van der Waals surface area contributed by atoms with Gasteiger partial charge in [-0.1, -0.05) is 0 Å².